The average Bonchev–Trinajstić information content (AvgIpc) is 2.82. The lowest BCUT2D eigenvalue weighted by Gasteiger charge is -2.25. The minimum Gasteiger partial charge on any atom is -0.396 e. The molecule has 0 radical (unpaired) electrons. The lowest BCUT2D eigenvalue weighted by molar-refractivity contribution is 0.0526. The molecule has 3 N–H and O–H groups in total. The van der Waals surface area contributed by atoms with E-state index in [-0.39, 0.29) is 18.7 Å². The van der Waals surface area contributed by atoms with Gasteiger partial charge >= 0.3 is 11.4 Å². The first kappa shape index (κ1) is 26.9. The van der Waals surface area contributed by atoms with Gasteiger partial charge < -0.3 is 10.2 Å². The second-order valence-corrected chi connectivity index (χ2v) is 10.3. The highest BCUT2D eigenvalue weighted by molar-refractivity contribution is 6.31. The van der Waals surface area contributed by atoms with Crippen LogP contribution in [0.3, 0.4) is 0 Å². The largest absolute Gasteiger partial charge is 0.396 e. The molecule has 1 aromatic heterocycles. The van der Waals surface area contributed by atoms with Gasteiger partial charge in [0.25, 0.3) is 0 Å². The Hall–Kier alpha value is -2.65. The highest BCUT2D eigenvalue weighted by Crippen LogP contribution is 2.24. The highest BCUT2D eigenvalue weighted by atomic mass is 35.5. The number of aliphatic hydroxyl groups excluding tert-OH is 2. The van der Waals surface area contributed by atoms with Crippen LogP contribution in [0, 0.1) is 11.3 Å². The summed E-state index contributed by atoms with van der Waals surface area (Å²) in [6.07, 6.45) is 0.817. The van der Waals surface area contributed by atoms with Crippen LogP contribution in [0.5, 0.6) is 0 Å². The molecule has 0 bridgehead atoms. The summed E-state index contributed by atoms with van der Waals surface area (Å²) < 4.78 is 2.29. The first-order valence-electron chi connectivity index (χ1n) is 11.3. The summed E-state index contributed by atoms with van der Waals surface area (Å²) >= 11 is 12.4. The Balaban J connectivity index is 2.18. The third-order valence-electron chi connectivity index (χ3n) is 5.64. The molecule has 0 saturated carbocycles. The Morgan fingerprint density at radius 2 is 1.69 bits per heavy atom. The fourth-order valence-corrected chi connectivity index (χ4v) is 3.94. The number of halogens is 2. The number of aromatic nitrogens is 3. The molecule has 8 nitrogen and oxygen atoms in total. The van der Waals surface area contributed by atoms with Gasteiger partial charge in [0.2, 0.25) is 5.62 Å². The van der Waals surface area contributed by atoms with Gasteiger partial charge in [-0.05, 0) is 47.7 Å². The molecule has 1 heterocycles. The zero-order valence-corrected chi connectivity index (χ0v) is 21.5. The summed E-state index contributed by atoms with van der Waals surface area (Å²) in [6, 6.07) is 12.3. The molecule has 0 atom stereocenters. The van der Waals surface area contributed by atoms with E-state index in [1.54, 1.807) is 43.3 Å². The van der Waals surface area contributed by atoms with Gasteiger partial charge in [0.05, 0.1) is 25.4 Å². The smallest absolute Gasteiger partial charge is 0.335 e. The van der Waals surface area contributed by atoms with Crippen molar-refractivity contribution in [3.05, 3.63) is 90.2 Å². The molecule has 0 aliphatic rings. The topological polar surface area (TPSA) is 113 Å². The molecule has 188 valence electrons. The molecule has 3 aromatic rings. The number of nitrogens with zero attached hydrogens (tertiary/aromatic N) is 3. The Kier molecular flexibility index (Phi) is 8.77. The molecular weight excluding hydrogens is 491 g/mol. The molecule has 0 fully saturated rings. The molecule has 3 rings (SSSR count). The van der Waals surface area contributed by atoms with Crippen LogP contribution in [0.2, 0.25) is 10.0 Å². The standard InChI is InChI=1S/C25H30Cl2N4O4/c1-16(2)10-18-6-9-20(11-21(18)27)28-22-29-23(34)31(13-25(3,14-32)15-33)24(35)30(22)12-17-4-7-19(26)8-5-17/h4-9,11,16,32-33H,10,12-15H2,1-3H3,(H,28,29,34). The van der Waals surface area contributed by atoms with Crippen molar-refractivity contribution >= 4 is 28.9 Å². The van der Waals surface area contributed by atoms with Gasteiger partial charge in [-0.25, -0.2) is 19.1 Å². The maximum Gasteiger partial charge on any atom is 0.335 e. The van der Waals surface area contributed by atoms with E-state index in [0.29, 0.717) is 21.7 Å². The SMILES string of the molecule is CC(C)Cc1ccc(/N=c2\[nH]c(=O)n(CC(C)(CO)CO)c(=O)n2Cc2ccc(Cl)cc2)cc1Cl. The quantitative estimate of drug-likeness (QED) is 0.402. The molecule has 10 heteroatoms. The molecule has 0 aliphatic carbocycles. The van der Waals surface area contributed by atoms with Gasteiger partial charge in [-0.15, -0.1) is 0 Å². The lowest BCUT2D eigenvalue weighted by atomic mass is 9.93. The monoisotopic (exact) mass is 520 g/mol. The maximum absolute atomic E-state index is 13.5. The predicted molar refractivity (Wildman–Crippen MR) is 137 cm³/mol. The van der Waals surface area contributed by atoms with Crippen LogP contribution in [0.15, 0.2) is 57.0 Å². The van der Waals surface area contributed by atoms with Crippen LogP contribution in [0.4, 0.5) is 5.69 Å². The Labute approximate surface area is 213 Å². The Morgan fingerprint density at radius 1 is 1.03 bits per heavy atom. The molecule has 0 unspecified atom stereocenters. The molecule has 0 saturated heterocycles. The first-order chi connectivity index (χ1) is 16.5. The number of nitrogens with one attached hydrogen (secondary N) is 1. The van der Waals surface area contributed by atoms with E-state index in [4.69, 9.17) is 23.2 Å². The fourth-order valence-electron chi connectivity index (χ4n) is 3.56. The Bertz CT molecular complexity index is 1350. The summed E-state index contributed by atoms with van der Waals surface area (Å²) in [7, 11) is 0. The minimum absolute atomic E-state index is 0.0496. The van der Waals surface area contributed by atoms with Crippen molar-refractivity contribution in [3.8, 4) is 0 Å². The van der Waals surface area contributed by atoms with Crippen LogP contribution < -0.4 is 17.0 Å². The van der Waals surface area contributed by atoms with Gasteiger partial charge in [0, 0.05) is 22.0 Å². The summed E-state index contributed by atoms with van der Waals surface area (Å²) in [5.41, 5.74) is -0.0955. The van der Waals surface area contributed by atoms with Crippen LogP contribution >= 0.6 is 23.2 Å². The van der Waals surface area contributed by atoms with E-state index >= 15 is 0 Å². The van der Waals surface area contributed by atoms with Gasteiger partial charge in [-0.2, -0.15) is 0 Å². The van der Waals surface area contributed by atoms with Crippen molar-refractivity contribution in [2.45, 2.75) is 40.3 Å². The number of hydrogen-bond donors (Lipinski definition) is 3. The third kappa shape index (κ3) is 6.73. The molecule has 0 amide bonds. The number of aliphatic hydroxyl groups is 2. The number of hydrogen-bond acceptors (Lipinski definition) is 5. The highest BCUT2D eigenvalue weighted by Gasteiger charge is 2.25. The van der Waals surface area contributed by atoms with E-state index in [0.717, 1.165) is 22.1 Å². The predicted octanol–water partition coefficient (Wildman–Crippen LogP) is 3.12. The van der Waals surface area contributed by atoms with E-state index in [9.17, 15) is 19.8 Å². The van der Waals surface area contributed by atoms with Crippen LogP contribution in [-0.4, -0.2) is 37.5 Å². The van der Waals surface area contributed by atoms with Gasteiger partial charge in [-0.1, -0.05) is 62.2 Å². The molecule has 0 aliphatic heterocycles. The normalized spacial score (nSPS) is 12.5. The summed E-state index contributed by atoms with van der Waals surface area (Å²) in [5.74, 6) is 0.435. The number of rotatable bonds is 9. The second kappa shape index (κ2) is 11.4. The van der Waals surface area contributed by atoms with Gasteiger partial charge in [0.15, 0.2) is 0 Å². The van der Waals surface area contributed by atoms with E-state index in [1.165, 1.54) is 4.57 Å². The summed E-state index contributed by atoms with van der Waals surface area (Å²) in [6.45, 7) is 4.92. The lowest BCUT2D eigenvalue weighted by Crippen LogP contribution is -2.52. The van der Waals surface area contributed by atoms with Crippen LogP contribution in [0.25, 0.3) is 0 Å². The van der Waals surface area contributed by atoms with Crippen molar-refractivity contribution in [2.75, 3.05) is 13.2 Å². The van der Waals surface area contributed by atoms with Crippen molar-refractivity contribution < 1.29 is 10.2 Å². The first-order valence-corrected chi connectivity index (χ1v) is 12.0. The maximum atomic E-state index is 13.5. The summed E-state index contributed by atoms with van der Waals surface area (Å²) in [4.78, 5) is 33.5. The molecule has 35 heavy (non-hydrogen) atoms. The van der Waals surface area contributed by atoms with Gasteiger partial charge in [-0.3, -0.25) is 9.55 Å². The Morgan fingerprint density at radius 3 is 2.26 bits per heavy atom. The zero-order chi connectivity index (χ0) is 25.8. The average molecular weight is 521 g/mol. The minimum atomic E-state index is -1.06. The van der Waals surface area contributed by atoms with E-state index in [1.807, 2.05) is 6.07 Å². The second-order valence-electron chi connectivity index (χ2n) is 9.45. The fraction of sp³-hybridized carbons (Fsp3) is 0.400. The van der Waals surface area contributed by atoms with E-state index < -0.39 is 30.0 Å². The summed E-state index contributed by atoms with van der Waals surface area (Å²) in [5, 5.41) is 20.5. The molecule has 0 spiro atoms. The zero-order valence-electron chi connectivity index (χ0n) is 20.0. The third-order valence-corrected chi connectivity index (χ3v) is 6.24. The number of benzene rings is 2. The van der Waals surface area contributed by atoms with Crippen LogP contribution in [0.1, 0.15) is 31.9 Å². The van der Waals surface area contributed by atoms with Crippen molar-refractivity contribution in [3.63, 3.8) is 0 Å². The van der Waals surface area contributed by atoms with Crippen molar-refractivity contribution in [1.29, 1.82) is 0 Å². The molecule has 2 aromatic carbocycles. The van der Waals surface area contributed by atoms with Crippen molar-refractivity contribution in [1.82, 2.24) is 14.1 Å². The van der Waals surface area contributed by atoms with Gasteiger partial charge in [0.1, 0.15) is 0 Å². The number of H-pyrrole nitrogens is 1. The number of aromatic amines is 1. The van der Waals surface area contributed by atoms with Crippen LogP contribution in [-0.2, 0) is 19.5 Å². The van der Waals surface area contributed by atoms with Crippen molar-refractivity contribution in [2.24, 2.45) is 16.3 Å². The molecular formula is C25H30Cl2N4O4. The van der Waals surface area contributed by atoms with E-state index in [2.05, 4.69) is 23.8 Å².